The predicted octanol–water partition coefficient (Wildman–Crippen LogP) is 3.93. The van der Waals surface area contributed by atoms with Crippen molar-refractivity contribution in [3.05, 3.63) is 88.2 Å². The highest BCUT2D eigenvalue weighted by atomic mass is 32.1. The van der Waals surface area contributed by atoms with E-state index in [2.05, 4.69) is 15.5 Å². The van der Waals surface area contributed by atoms with E-state index < -0.39 is 0 Å². The number of rotatable bonds is 4. The summed E-state index contributed by atoms with van der Waals surface area (Å²) in [5, 5.41) is 11.4. The molecule has 26 heavy (non-hydrogen) atoms. The highest BCUT2D eigenvalue weighted by molar-refractivity contribution is 7.19. The topological polar surface area (TPSA) is 59.3 Å². The molecule has 4 aromatic rings. The molecule has 2 aromatic carbocycles. The van der Waals surface area contributed by atoms with Crippen molar-refractivity contribution in [3.63, 3.8) is 0 Å². The third-order valence-corrected chi connectivity index (χ3v) is 5.53. The maximum atomic E-state index is 13.0. The molecule has 2 heterocycles. The van der Waals surface area contributed by atoms with Gasteiger partial charge in [0.2, 0.25) is 4.96 Å². The molecule has 0 spiro atoms. The molecule has 0 radical (unpaired) electrons. The second-order valence-corrected chi connectivity index (χ2v) is 7.09. The minimum atomic E-state index is -0.210. The zero-order valence-electron chi connectivity index (χ0n) is 14.5. The van der Waals surface area contributed by atoms with E-state index in [4.69, 9.17) is 0 Å². The number of nitrogens with zero attached hydrogens (tertiary/aromatic N) is 3. The van der Waals surface area contributed by atoms with E-state index in [0.29, 0.717) is 4.88 Å². The average molecular weight is 362 g/mol. The van der Waals surface area contributed by atoms with Gasteiger partial charge >= 0.3 is 0 Å². The summed E-state index contributed by atoms with van der Waals surface area (Å²) in [4.78, 5) is 14.4. The Hall–Kier alpha value is -2.99. The smallest absolute Gasteiger partial charge is 0.264 e. The number of hydrogen-bond acceptors (Lipinski definition) is 4. The normalized spacial score (nSPS) is 11.2. The third kappa shape index (κ3) is 2.88. The molecule has 130 valence electrons. The molecule has 0 fully saturated rings. The molecule has 0 aliphatic carbocycles. The first-order valence-corrected chi connectivity index (χ1v) is 9.18. The number of aromatic nitrogens is 3. The minimum Gasteiger partial charge on any atom is -0.340 e. The SMILES string of the molecule is Cc1nnc2sc(C(=O)NC(c3ccccc3)c3ccccc3)c(C)n12. The highest BCUT2D eigenvalue weighted by Crippen LogP contribution is 2.26. The average Bonchev–Trinajstić information content (AvgIpc) is 3.21. The van der Waals surface area contributed by atoms with Crippen LogP contribution in [-0.4, -0.2) is 20.5 Å². The summed E-state index contributed by atoms with van der Waals surface area (Å²) in [7, 11) is 0. The van der Waals surface area contributed by atoms with E-state index in [1.54, 1.807) is 0 Å². The van der Waals surface area contributed by atoms with Gasteiger partial charge in [-0.25, -0.2) is 0 Å². The van der Waals surface area contributed by atoms with Gasteiger partial charge in [0.25, 0.3) is 5.91 Å². The Bertz CT molecular complexity index is 1010. The van der Waals surface area contributed by atoms with Crippen LogP contribution in [0.2, 0.25) is 0 Å². The second-order valence-electron chi connectivity index (χ2n) is 6.11. The van der Waals surface area contributed by atoms with Crippen LogP contribution >= 0.6 is 11.3 Å². The maximum absolute atomic E-state index is 13.0. The van der Waals surface area contributed by atoms with E-state index in [-0.39, 0.29) is 11.9 Å². The van der Waals surface area contributed by atoms with E-state index in [1.807, 2.05) is 78.9 Å². The Morgan fingerprint density at radius 1 is 0.962 bits per heavy atom. The fourth-order valence-electron chi connectivity index (χ4n) is 3.12. The number of aryl methyl sites for hydroxylation is 2. The molecule has 1 amide bonds. The Morgan fingerprint density at radius 2 is 1.54 bits per heavy atom. The van der Waals surface area contributed by atoms with Gasteiger partial charge in [0.15, 0.2) is 0 Å². The standard InChI is InChI=1S/C20H18N4OS/c1-13-18(26-20-23-22-14(2)24(13)20)19(25)21-17(15-9-5-3-6-10-15)16-11-7-4-8-12-16/h3-12,17H,1-2H3,(H,21,25). The Morgan fingerprint density at radius 3 is 2.08 bits per heavy atom. The van der Waals surface area contributed by atoms with Crippen LogP contribution in [-0.2, 0) is 0 Å². The monoisotopic (exact) mass is 362 g/mol. The lowest BCUT2D eigenvalue weighted by atomic mass is 9.98. The summed E-state index contributed by atoms with van der Waals surface area (Å²) in [6.07, 6.45) is 0. The number of carbonyl (C=O) groups is 1. The molecule has 0 saturated carbocycles. The maximum Gasteiger partial charge on any atom is 0.264 e. The van der Waals surface area contributed by atoms with Crippen LogP contribution in [0.3, 0.4) is 0 Å². The zero-order valence-corrected chi connectivity index (χ0v) is 15.3. The summed E-state index contributed by atoms with van der Waals surface area (Å²) < 4.78 is 1.92. The molecule has 0 aliphatic rings. The van der Waals surface area contributed by atoms with Crippen LogP contribution in [0.25, 0.3) is 4.96 Å². The number of thiazole rings is 1. The first-order chi connectivity index (χ1) is 12.6. The predicted molar refractivity (Wildman–Crippen MR) is 103 cm³/mol. The number of nitrogens with one attached hydrogen (secondary N) is 1. The fraction of sp³-hybridized carbons (Fsp3) is 0.150. The first-order valence-electron chi connectivity index (χ1n) is 8.37. The minimum absolute atomic E-state index is 0.102. The van der Waals surface area contributed by atoms with Gasteiger partial charge < -0.3 is 5.32 Å². The van der Waals surface area contributed by atoms with Crippen molar-refractivity contribution in [3.8, 4) is 0 Å². The molecule has 5 nitrogen and oxygen atoms in total. The van der Waals surface area contributed by atoms with Crippen molar-refractivity contribution in [2.45, 2.75) is 19.9 Å². The van der Waals surface area contributed by atoms with Crippen LogP contribution in [0, 0.1) is 13.8 Å². The molecule has 6 heteroatoms. The van der Waals surface area contributed by atoms with Crippen molar-refractivity contribution < 1.29 is 4.79 Å². The molecule has 4 rings (SSSR count). The summed E-state index contributed by atoms with van der Waals surface area (Å²) in [5.41, 5.74) is 2.96. The number of amides is 1. The molecular formula is C20H18N4OS. The van der Waals surface area contributed by atoms with Crippen molar-refractivity contribution >= 4 is 22.2 Å². The van der Waals surface area contributed by atoms with Crippen LogP contribution in [0.4, 0.5) is 0 Å². The van der Waals surface area contributed by atoms with E-state index in [9.17, 15) is 4.79 Å². The van der Waals surface area contributed by atoms with Crippen LogP contribution in [0.1, 0.15) is 38.4 Å². The van der Waals surface area contributed by atoms with Gasteiger partial charge in [0.1, 0.15) is 10.7 Å². The van der Waals surface area contributed by atoms with Gasteiger partial charge in [-0.1, -0.05) is 72.0 Å². The molecule has 0 atom stereocenters. The highest BCUT2D eigenvalue weighted by Gasteiger charge is 2.22. The summed E-state index contributed by atoms with van der Waals surface area (Å²) in [6, 6.07) is 19.8. The molecule has 2 aromatic heterocycles. The number of carbonyl (C=O) groups excluding carboxylic acids is 1. The Labute approximate surface area is 155 Å². The summed E-state index contributed by atoms with van der Waals surface area (Å²) in [6.45, 7) is 3.81. The molecule has 0 saturated heterocycles. The largest absolute Gasteiger partial charge is 0.340 e. The number of benzene rings is 2. The third-order valence-electron chi connectivity index (χ3n) is 4.40. The lowest BCUT2D eigenvalue weighted by molar-refractivity contribution is 0.0946. The van der Waals surface area contributed by atoms with Gasteiger partial charge in [-0.2, -0.15) is 0 Å². The Balaban J connectivity index is 1.71. The lowest BCUT2D eigenvalue weighted by Crippen LogP contribution is -2.29. The second kappa shape index (κ2) is 6.72. The number of fused-ring (bicyclic) bond motifs is 1. The van der Waals surface area contributed by atoms with E-state index in [1.165, 1.54) is 11.3 Å². The van der Waals surface area contributed by atoms with Crippen molar-refractivity contribution in [2.24, 2.45) is 0 Å². The van der Waals surface area contributed by atoms with Crippen LogP contribution < -0.4 is 5.32 Å². The van der Waals surface area contributed by atoms with E-state index in [0.717, 1.165) is 27.6 Å². The van der Waals surface area contributed by atoms with Gasteiger partial charge in [-0.15, -0.1) is 10.2 Å². The Kier molecular flexibility index (Phi) is 4.26. The van der Waals surface area contributed by atoms with Gasteiger partial charge in [-0.3, -0.25) is 9.20 Å². The van der Waals surface area contributed by atoms with Gasteiger partial charge in [0.05, 0.1) is 6.04 Å². The summed E-state index contributed by atoms with van der Waals surface area (Å²) >= 11 is 1.36. The van der Waals surface area contributed by atoms with E-state index >= 15 is 0 Å². The van der Waals surface area contributed by atoms with Gasteiger partial charge in [0, 0.05) is 5.69 Å². The molecular weight excluding hydrogens is 344 g/mol. The van der Waals surface area contributed by atoms with Gasteiger partial charge in [-0.05, 0) is 25.0 Å². The quantitative estimate of drug-likeness (QED) is 0.598. The lowest BCUT2D eigenvalue weighted by Gasteiger charge is -2.19. The van der Waals surface area contributed by atoms with Crippen molar-refractivity contribution in [1.82, 2.24) is 19.9 Å². The van der Waals surface area contributed by atoms with Crippen molar-refractivity contribution in [1.29, 1.82) is 0 Å². The summed E-state index contributed by atoms with van der Waals surface area (Å²) in [5.74, 6) is 0.686. The van der Waals surface area contributed by atoms with Crippen LogP contribution in [0.5, 0.6) is 0 Å². The molecule has 1 N–H and O–H groups in total. The zero-order chi connectivity index (χ0) is 18.1. The first kappa shape index (κ1) is 16.5. The molecule has 0 unspecified atom stereocenters. The molecule has 0 bridgehead atoms. The number of hydrogen-bond donors (Lipinski definition) is 1. The van der Waals surface area contributed by atoms with Crippen LogP contribution in [0.15, 0.2) is 60.7 Å². The van der Waals surface area contributed by atoms with Crippen molar-refractivity contribution in [2.75, 3.05) is 0 Å². The molecule has 0 aliphatic heterocycles. The fourth-order valence-corrected chi connectivity index (χ4v) is 4.13.